The molecule has 0 saturated carbocycles. The van der Waals surface area contributed by atoms with E-state index >= 15 is 0 Å². The number of aliphatic hydroxyl groups is 1. The largest absolute Gasteiger partial charge is 0.472 e. The molecule has 0 spiro atoms. The third-order valence-corrected chi connectivity index (χ3v) is 17.7. The maximum Gasteiger partial charge on any atom is 0.472 e. The minimum absolute atomic E-state index is 0.0706. The van der Waals surface area contributed by atoms with Gasteiger partial charge in [0.25, 0.3) is 0 Å². The Morgan fingerprint density at radius 3 is 0.784 bits per heavy atom. The Kier molecular flexibility index (Phi) is 70.5. The summed E-state index contributed by atoms with van der Waals surface area (Å²) in [7, 11) is -9.98. The highest BCUT2D eigenvalue weighted by molar-refractivity contribution is 7.47. The lowest BCUT2D eigenvalue weighted by Crippen LogP contribution is -2.30. The fraction of sp³-hybridized carbons (Fsp3) is 0.663. The van der Waals surface area contributed by atoms with Crippen LogP contribution in [-0.2, 0) is 65.4 Å². The highest BCUT2D eigenvalue weighted by Crippen LogP contribution is 2.45. The molecule has 102 heavy (non-hydrogen) atoms. The van der Waals surface area contributed by atoms with Crippen LogP contribution >= 0.6 is 15.6 Å². The number of hydrogen-bond donors (Lipinski definition) is 3. The Bertz CT molecular complexity index is 2510. The highest BCUT2D eigenvalue weighted by Gasteiger charge is 2.30. The molecule has 0 saturated heterocycles. The summed E-state index contributed by atoms with van der Waals surface area (Å²) in [6.45, 7) is 4.40. The Balaban J connectivity index is 5.41. The average Bonchev–Trinajstić information content (AvgIpc) is 0.959. The molecule has 19 heteroatoms. The van der Waals surface area contributed by atoms with Crippen molar-refractivity contribution in [2.75, 3.05) is 39.6 Å². The van der Waals surface area contributed by atoms with Crippen LogP contribution in [0, 0.1) is 0 Å². The molecule has 0 fully saturated rings. The van der Waals surface area contributed by atoms with Crippen LogP contribution in [0.25, 0.3) is 0 Å². The van der Waals surface area contributed by atoms with Gasteiger partial charge in [0.2, 0.25) is 0 Å². The molecule has 0 heterocycles. The summed E-state index contributed by atoms with van der Waals surface area (Å²) in [5.74, 6) is -2.25. The molecular formula is C83H138O17P2. The van der Waals surface area contributed by atoms with Crippen molar-refractivity contribution in [3.8, 4) is 0 Å². The van der Waals surface area contributed by atoms with Gasteiger partial charge in [-0.1, -0.05) is 263 Å². The summed E-state index contributed by atoms with van der Waals surface area (Å²) in [5.41, 5.74) is 0. The van der Waals surface area contributed by atoms with Crippen molar-refractivity contribution in [3.63, 3.8) is 0 Å². The summed E-state index contributed by atoms with van der Waals surface area (Å²) >= 11 is 0. The molecule has 5 unspecified atom stereocenters. The van der Waals surface area contributed by atoms with Crippen molar-refractivity contribution >= 4 is 39.5 Å². The summed E-state index contributed by atoms with van der Waals surface area (Å²) < 4.78 is 68.5. The van der Waals surface area contributed by atoms with Gasteiger partial charge < -0.3 is 33.8 Å². The Hall–Kier alpha value is -5.06. The van der Waals surface area contributed by atoms with E-state index in [0.29, 0.717) is 25.7 Å². The van der Waals surface area contributed by atoms with Gasteiger partial charge in [0.1, 0.15) is 19.3 Å². The zero-order valence-corrected chi connectivity index (χ0v) is 65.3. The van der Waals surface area contributed by atoms with Gasteiger partial charge >= 0.3 is 39.5 Å². The summed E-state index contributed by atoms with van der Waals surface area (Å²) in [5, 5.41) is 10.6. The SMILES string of the molecule is CC/C=C\C/C=C\C/C=C\C/C=C\CCCCCCC(=O)OCC(COP(=O)(O)OCC(O)COP(=O)(O)OCC(COC(=O)CCCCCCC/C=C\C/C=C\C/C=C\CC)OC(=O)CCCCCCC/C=C\C/C=C\CCC)OC(=O)CCCCCCCCC/C=C\C/C=C\C/C=C\CC. The van der Waals surface area contributed by atoms with Gasteiger partial charge in [-0.15, -0.1) is 0 Å². The first-order chi connectivity index (χ1) is 49.7. The van der Waals surface area contributed by atoms with Crippen LogP contribution in [0.2, 0.25) is 0 Å². The van der Waals surface area contributed by atoms with Gasteiger partial charge in [0.05, 0.1) is 26.4 Å². The molecule has 0 aliphatic carbocycles. The number of carbonyl (C=O) groups excluding carboxylic acids is 4. The maximum atomic E-state index is 13.1. The Labute approximate surface area is 617 Å². The molecule has 0 bridgehead atoms. The average molecular weight is 1470 g/mol. The van der Waals surface area contributed by atoms with Crippen LogP contribution in [0.5, 0.6) is 0 Å². The van der Waals surface area contributed by atoms with Gasteiger partial charge in [0.15, 0.2) is 12.2 Å². The number of phosphoric ester groups is 2. The number of allylic oxidation sites excluding steroid dienone is 24. The monoisotopic (exact) mass is 1470 g/mol. The first-order valence-corrected chi connectivity index (χ1v) is 42.1. The van der Waals surface area contributed by atoms with E-state index in [1.165, 1.54) is 0 Å². The number of phosphoric acid groups is 2. The lowest BCUT2D eigenvalue weighted by molar-refractivity contribution is -0.161. The van der Waals surface area contributed by atoms with Crippen molar-refractivity contribution in [3.05, 3.63) is 146 Å². The molecule has 0 rings (SSSR count). The number of aliphatic hydroxyl groups excluding tert-OH is 1. The molecule has 0 aromatic rings. The summed E-state index contributed by atoms with van der Waals surface area (Å²) in [4.78, 5) is 73.0. The number of carbonyl (C=O) groups is 4. The van der Waals surface area contributed by atoms with Gasteiger partial charge in [-0.05, 0) is 154 Å². The van der Waals surface area contributed by atoms with E-state index < -0.39 is 97.5 Å². The second-order valence-electron chi connectivity index (χ2n) is 25.5. The predicted molar refractivity (Wildman–Crippen MR) is 417 cm³/mol. The number of esters is 4. The number of unbranched alkanes of at least 4 members (excludes halogenated alkanes) is 22. The maximum absolute atomic E-state index is 13.1. The quantitative estimate of drug-likeness (QED) is 0.0169. The third kappa shape index (κ3) is 73.3. The molecule has 3 N–H and O–H groups in total. The minimum Gasteiger partial charge on any atom is -0.462 e. The van der Waals surface area contributed by atoms with Crippen LogP contribution in [0.3, 0.4) is 0 Å². The van der Waals surface area contributed by atoms with Crippen LogP contribution in [-0.4, -0.2) is 96.7 Å². The second kappa shape index (κ2) is 74.2. The zero-order chi connectivity index (χ0) is 74.6. The number of hydrogen-bond acceptors (Lipinski definition) is 15. The third-order valence-electron chi connectivity index (χ3n) is 15.8. The first-order valence-electron chi connectivity index (χ1n) is 39.1. The standard InChI is InChI=1S/C83H138O17P2/c1-5-9-13-17-21-25-29-33-36-38-41-45-48-52-56-60-64-68-81(86)94-74-79(100-83(88)70-66-62-58-54-50-46-42-39-37-34-30-26-22-18-14-10-6-2)76-98-102(91,92)96-72-77(84)71-95-101(89,90)97-75-78(99-82(87)69-65-61-57-53-49-43-32-28-24-20-16-12-8-4)73-93-80(85)67-63-59-55-51-47-44-40-35-31-27-23-19-15-11-7-3/h9-11,13-16,20-23,25-28,32-37,40-41,45,77-79,84H,5-8,12,17-19,24,29-31,38-39,42-44,46-76H2,1-4H3,(H,89,90)(H,91,92)/b13-9-,14-10-,15-11-,20-16-,25-21-,26-22-,27-23-,32-28-,36-33-,37-34-,40-35-,45-41-. The molecular weight excluding hydrogens is 1330 g/mol. The van der Waals surface area contributed by atoms with Crippen LogP contribution < -0.4 is 0 Å². The van der Waals surface area contributed by atoms with E-state index in [2.05, 4.69) is 174 Å². The molecule has 17 nitrogen and oxygen atoms in total. The van der Waals surface area contributed by atoms with E-state index in [1.807, 2.05) is 0 Å². The molecule has 0 aromatic carbocycles. The van der Waals surface area contributed by atoms with E-state index in [0.717, 1.165) is 218 Å². The van der Waals surface area contributed by atoms with Crippen molar-refractivity contribution in [1.82, 2.24) is 0 Å². The Morgan fingerprint density at radius 1 is 0.284 bits per heavy atom. The highest BCUT2D eigenvalue weighted by atomic mass is 31.2. The predicted octanol–water partition coefficient (Wildman–Crippen LogP) is 22.7. The summed E-state index contributed by atoms with van der Waals surface area (Å²) in [6.07, 6.45) is 84.0. The van der Waals surface area contributed by atoms with Crippen molar-refractivity contribution in [2.45, 2.75) is 316 Å². The van der Waals surface area contributed by atoms with E-state index in [1.54, 1.807) is 0 Å². The molecule has 5 atom stereocenters. The molecule has 582 valence electrons. The Morgan fingerprint density at radius 2 is 0.510 bits per heavy atom. The smallest absolute Gasteiger partial charge is 0.462 e. The van der Waals surface area contributed by atoms with Gasteiger partial charge in [-0.25, -0.2) is 9.13 Å². The number of rotatable bonds is 72. The molecule has 0 aliphatic rings. The van der Waals surface area contributed by atoms with Crippen LogP contribution in [0.4, 0.5) is 0 Å². The van der Waals surface area contributed by atoms with Crippen molar-refractivity contribution in [2.24, 2.45) is 0 Å². The fourth-order valence-electron chi connectivity index (χ4n) is 9.92. The zero-order valence-electron chi connectivity index (χ0n) is 63.5. The molecule has 0 aromatic heterocycles. The van der Waals surface area contributed by atoms with Crippen LogP contribution in [0.15, 0.2) is 146 Å². The second-order valence-corrected chi connectivity index (χ2v) is 28.4. The fourth-order valence-corrected chi connectivity index (χ4v) is 11.5. The molecule has 0 aliphatic heterocycles. The minimum atomic E-state index is -4.99. The normalized spacial score (nSPS) is 14.7. The van der Waals surface area contributed by atoms with E-state index in [4.69, 9.17) is 37.0 Å². The van der Waals surface area contributed by atoms with E-state index in [-0.39, 0.29) is 25.7 Å². The van der Waals surface area contributed by atoms with E-state index in [9.17, 15) is 43.2 Å². The lowest BCUT2D eigenvalue weighted by Gasteiger charge is -2.21. The number of ether oxygens (including phenoxy) is 4. The topological polar surface area (TPSA) is 237 Å². The van der Waals surface area contributed by atoms with Crippen molar-refractivity contribution in [1.29, 1.82) is 0 Å². The lowest BCUT2D eigenvalue weighted by atomic mass is 10.1. The first kappa shape index (κ1) is 96.9. The van der Waals surface area contributed by atoms with Gasteiger partial charge in [-0.3, -0.25) is 37.3 Å². The van der Waals surface area contributed by atoms with Crippen LogP contribution in [0.1, 0.15) is 297 Å². The molecule has 0 radical (unpaired) electrons. The molecule has 0 amide bonds. The van der Waals surface area contributed by atoms with Gasteiger partial charge in [-0.2, -0.15) is 0 Å². The van der Waals surface area contributed by atoms with Gasteiger partial charge in [0, 0.05) is 25.7 Å². The summed E-state index contributed by atoms with van der Waals surface area (Å²) in [6, 6.07) is 0. The van der Waals surface area contributed by atoms with Crippen molar-refractivity contribution < 1.29 is 80.2 Å².